The van der Waals surface area contributed by atoms with E-state index in [2.05, 4.69) is 10.1 Å². The second-order valence-corrected chi connectivity index (χ2v) is 6.53. The van der Waals surface area contributed by atoms with E-state index in [9.17, 15) is 5.11 Å². The van der Waals surface area contributed by atoms with Crippen molar-refractivity contribution in [1.82, 2.24) is 10.1 Å². The van der Waals surface area contributed by atoms with Gasteiger partial charge in [0.2, 0.25) is 5.89 Å². The summed E-state index contributed by atoms with van der Waals surface area (Å²) in [6.07, 6.45) is -0.00461. The van der Waals surface area contributed by atoms with Crippen LogP contribution < -0.4 is 0 Å². The predicted octanol–water partition coefficient (Wildman–Crippen LogP) is 3.16. The summed E-state index contributed by atoms with van der Waals surface area (Å²) in [6, 6.07) is 5.35. The van der Waals surface area contributed by atoms with Crippen molar-refractivity contribution in [3.63, 3.8) is 0 Å². The average molecular weight is 331 g/mol. The Hall–Kier alpha value is -0.750. The second kappa shape index (κ2) is 5.93. The first kappa shape index (κ1) is 14.2. The van der Waals surface area contributed by atoms with Crippen molar-refractivity contribution in [2.45, 2.75) is 18.4 Å². The van der Waals surface area contributed by atoms with Crippen LogP contribution in [0.1, 0.15) is 23.2 Å². The molecule has 2 unspecified atom stereocenters. The maximum atomic E-state index is 9.84. The summed E-state index contributed by atoms with van der Waals surface area (Å²) in [6.45, 7) is 0. The first-order valence-electron chi connectivity index (χ1n) is 6.16. The summed E-state index contributed by atoms with van der Waals surface area (Å²) in [5.41, 5.74) is 0.782. The van der Waals surface area contributed by atoms with Crippen LogP contribution in [0.5, 0.6) is 0 Å². The highest BCUT2D eigenvalue weighted by atomic mass is 35.5. The van der Waals surface area contributed by atoms with Crippen LogP contribution in [0.4, 0.5) is 0 Å². The Morgan fingerprint density at radius 1 is 1.30 bits per heavy atom. The van der Waals surface area contributed by atoms with Crippen LogP contribution in [0.15, 0.2) is 22.7 Å². The van der Waals surface area contributed by atoms with Crippen molar-refractivity contribution in [2.24, 2.45) is 0 Å². The normalized spacial score (nSPS) is 22.4. The summed E-state index contributed by atoms with van der Waals surface area (Å²) < 4.78 is 5.25. The molecule has 106 valence electrons. The van der Waals surface area contributed by atoms with Gasteiger partial charge in [0.05, 0.1) is 12.0 Å². The Kier molecular flexibility index (Phi) is 4.21. The number of rotatable bonds is 3. The Bertz CT molecular complexity index is 600. The van der Waals surface area contributed by atoms with E-state index in [1.807, 2.05) is 0 Å². The molecule has 1 aliphatic rings. The number of hydrogen-bond acceptors (Lipinski definition) is 5. The van der Waals surface area contributed by atoms with E-state index in [4.69, 9.17) is 27.7 Å². The molecule has 1 aromatic heterocycles. The fourth-order valence-electron chi connectivity index (χ4n) is 2.13. The smallest absolute Gasteiger partial charge is 0.233 e. The molecule has 0 bridgehead atoms. The summed E-state index contributed by atoms with van der Waals surface area (Å²) in [5.74, 6) is 2.44. The molecule has 1 aliphatic heterocycles. The largest absolute Gasteiger partial charge is 0.391 e. The molecule has 1 N–H and O–H groups in total. The molecule has 2 heterocycles. The van der Waals surface area contributed by atoms with Gasteiger partial charge in [0.25, 0.3) is 0 Å². The van der Waals surface area contributed by atoms with Crippen LogP contribution in [0.2, 0.25) is 10.0 Å². The van der Waals surface area contributed by atoms with E-state index in [0.717, 1.165) is 11.3 Å². The van der Waals surface area contributed by atoms with Crippen LogP contribution in [-0.2, 0) is 6.42 Å². The third kappa shape index (κ3) is 2.81. The number of hydrogen-bond donors (Lipinski definition) is 1. The van der Waals surface area contributed by atoms with Crippen molar-refractivity contribution >= 4 is 35.0 Å². The Labute approximate surface area is 130 Å². The summed E-state index contributed by atoms with van der Waals surface area (Å²) >= 11 is 13.9. The lowest BCUT2D eigenvalue weighted by Gasteiger charge is -2.06. The molecular weight excluding hydrogens is 319 g/mol. The minimum absolute atomic E-state index is 0.0806. The highest BCUT2D eigenvalue weighted by Gasteiger charge is 2.32. The van der Waals surface area contributed by atoms with E-state index in [1.165, 1.54) is 0 Å². The molecule has 1 aromatic carbocycles. The van der Waals surface area contributed by atoms with E-state index < -0.39 is 6.10 Å². The monoisotopic (exact) mass is 330 g/mol. The number of aliphatic hydroxyl groups excluding tert-OH is 1. The van der Waals surface area contributed by atoms with Crippen LogP contribution in [-0.4, -0.2) is 32.9 Å². The number of aromatic nitrogens is 2. The third-order valence-electron chi connectivity index (χ3n) is 3.25. The summed E-state index contributed by atoms with van der Waals surface area (Å²) in [5, 5.41) is 15.0. The maximum absolute atomic E-state index is 9.84. The average Bonchev–Trinajstić information content (AvgIpc) is 3.02. The first-order chi connectivity index (χ1) is 9.65. The van der Waals surface area contributed by atoms with Gasteiger partial charge in [0, 0.05) is 28.0 Å². The van der Waals surface area contributed by atoms with Gasteiger partial charge < -0.3 is 9.63 Å². The van der Waals surface area contributed by atoms with Gasteiger partial charge in [-0.05, 0) is 17.7 Å². The molecule has 1 fully saturated rings. The standard InChI is InChI=1S/C13H12Cl2N2O2S/c14-9-2-1-3-10(15)7(9)4-12-16-13(19-17-12)8-5-20-6-11(8)18/h1-3,8,11,18H,4-6H2. The minimum atomic E-state index is -0.419. The van der Waals surface area contributed by atoms with Crippen LogP contribution in [0, 0.1) is 0 Å². The molecule has 0 radical (unpaired) electrons. The molecule has 7 heteroatoms. The van der Waals surface area contributed by atoms with Crippen LogP contribution in [0.3, 0.4) is 0 Å². The van der Waals surface area contributed by atoms with Crippen molar-refractivity contribution in [3.8, 4) is 0 Å². The Morgan fingerprint density at radius 3 is 2.70 bits per heavy atom. The molecular formula is C13H12Cl2N2O2S. The molecule has 4 nitrogen and oxygen atoms in total. The van der Waals surface area contributed by atoms with E-state index in [-0.39, 0.29) is 5.92 Å². The molecule has 0 spiro atoms. The van der Waals surface area contributed by atoms with Gasteiger partial charge in [-0.3, -0.25) is 0 Å². The molecule has 1 saturated heterocycles. The van der Waals surface area contributed by atoms with Crippen molar-refractivity contribution in [3.05, 3.63) is 45.5 Å². The SMILES string of the molecule is OC1CSCC1c1nc(Cc2c(Cl)cccc2Cl)no1. The Balaban J connectivity index is 1.81. The molecule has 2 atom stereocenters. The van der Waals surface area contributed by atoms with Gasteiger partial charge in [0.15, 0.2) is 5.82 Å². The van der Waals surface area contributed by atoms with Gasteiger partial charge in [0.1, 0.15) is 0 Å². The number of nitrogens with zero attached hydrogens (tertiary/aromatic N) is 2. The molecule has 3 rings (SSSR count). The zero-order valence-corrected chi connectivity index (χ0v) is 12.8. The lowest BCUT2D eigenvalue weighted by Crippen LogP contribution is -2.15. The van der Waals surface area contributed by atoms with E-state index in [1.54, 1.807) is 30.0 Å². The first-order valence-corrected chi connectivity index (χ1v) is 8.07. The van der Waals surface area contributed by atoms with Gasteiger partial charge >= 0.3 is 0 Å². The molecule has 0 aliphatic carbocycles. The van der Waals surface area contributed by atoms with Gasteiger partial charge in [-0.1, -0.05) is 34.4 Å². The van der Waals surface area contributed by atoms with Crippen molar-refractivity contribution in [1.29, 1.82) is 0 Å². The number of benzene rings is 1. The van der Waals surface area contributed by atoms with Crippen LogP contribution >= 0.6 is 35.0 Å². The molecule has 0 saturated carbocycles. The van der Waals surface area contributed by atoms with Crippen molar-refractivity contribution < 1.29 is 9.63 Å². The minimum Gasteiger partial charge on any atom is -0.391 e. The molecule has 0 amide bonds. The van der Waals surface area contributed by atoms with Gasteiger partial charge in [-0.15, -0.1) is 0 Å². The molecule has 20 heavy (non-hydrogen) atoms. The number of aliphatic hydroxyl groups is 1. The topological polar surface area (TPSA) is 59.2 Å². The quantitative estimate of drug-likeness (QED) is 0.936. The zero-order valence-electron chi connectivity index (χ0n) is 10.4. The summed E-state index contributed by atoms with van der Waals surface area (Å²) in [4.78, 5) is 4.35. The van der Waals surface area contributed by atoms with Gasteiger partial charge in [-0.2, -0.15) is 16.7 Å². The highest BCUT2D eigenvalue weighted by Crippen LogP contribution is 2.32. The fourth-order valence-corrected chi connectivity index (χ4v) is 3.89. The second-order valence-electron chi connectivity index (χ2n) is 4.64. The van der Waals surface area contributed by atoms with Crippen LogP contribution in [0.25, 0.3) is 0 Å². The predicted molar refractivity (Wildman–Crippen MR) is 79.6 cm³/mol. The van der Waals surface area contributed by atoms with E-state index in [0.29, 0.717) is 33.9 Å². The lowest BCUT2D eigenvalue weighted by molar-refractivity contribution is 0.164. The van der Waals surface area contributed by atoms with Crippen molar-refractivity contribution in [2.75, 3.05) is 11.5 Å². The summed E-state index contributed by atoms with van der Waals surface area (Å²) in [7, 11) is 0. The number of halogens is 2. The van der Waals surface area contributed by atoms with Gasteiger partial charge in [-0.25, -0.2) is 0 Å². The number of thioether (sulfide) groups is 1. The maximum Gasteiger partial charge on any atom is 0.233 e. The fraction of sp³-hybridized carbons (Fsp3) is 0.385. The third-order valence-corrected chi connectivity index (χ3v) is 5.13. The van der Waals surface area contributed by atoms with E-state index >= 15 is 0 Å². The zero-order chi connectivity index (χ0) is 14.1. The highest BCUT2D eigenvalue weighted by molar-refractivity contribution is 7.99. The lowest BCUT2D eigenvalue weighted by atomic mass is 10.1. The molecule has 2 aromatic rings. The Morgan fingerprint density at radius 2 is 2.05 bits per heavy atom.